The number of esters is 1. The maximum Gasteiger partial charge on any atom is 0.319 e. The van der Waals surface area contributed by atoms with Crippen molar-refractivity contribution in [3.63, 3.8) is 0 Å². The lowest BCUT2D eigenvalue weighted by Crippen LogP contribution is -2.35. The summed E-state index contributed by atoms with van der Waals surface area (Å²) in [4.78, 5) is 22.6. The number of urea groups is 1. The summed E-state index contributed by atoms with van der Waals surface area (Å²) in [6.45, 7) is 1.74. The number of rotatable bonds is 4. The van der Waals surface area contributed by atoms with Gasteiger partial charge in [-0.1, -0.05) is 18.5 Å². The van der Waals surface area contributed by atoms with Gasteiger partial charge in [0.1, 0.15) is 5.82 Å². The summed E-state index contributed by atoms with van der Waals surface area (Å²) in [5.41, 5.74) is 0.269. The summed E-state index contributed by atoms with van der Waals surface area (Å²) in [5, 5.41) is 4.87. The molecule has 0 bridgehead atoms. The molecular weight excluding hydrogens is 275 g/mol. The average Bonchev–Trinajstić information content (AvgIpc) is 2.39. The van der Waals surface area contributed by atoms with Crippen molar-refractivity contribution in [3.05, 3.63) is 29.0 Å². The van der Waals surface area contributed by atoms with Gasteiger partial charge < -0.3 is 15.4 Å². The number of carbonyl (C=O) groups is 2. The summed E-state index contributed by atoms with van der Waals surface area (Å²) in [5.74, 6) is -1.50. The number of ether oxygens (including phenoxy) is 1. The van der Waals surface area contributed by atoms with Crippen molar-refractivity contribution in [3.8, 4) is 0 Å². The molecule has 1 aromatic carbocycles. The minimum atomic E-state index is -0.623. The number of nitrogens with one attached hydrogen (secondary N) is 2. The topological polar surface area (TPSA) is 67.4 Å². The Bertz CT molecular complexity index is 482. The van der Waals surface area contributed by atoms with Crippen molar-refractivity contribution in [2.75, 3.05) is 19.0 Å². The second-order valence-corrected chi connectivity index (χ2v) is 4.30. The first-order valence-electron chi connectivity index (χ1n) is 5.51. The summed E-state index contributed by atoms with van der Waals surface area (Å²) in [7, 11) is 1.27. The van der Waals surface area contributed by atoms with Crippen LogP contribution in [-0.2, 0) is 9.53 Å². The summed E-state index contributed by atoms with van der Waals surface area (Å²) in [6.07, 6.45) is 0. The maximum atomic E-state index is 13.1. The normalized spacial score (nSPS) is 11.6. The molecule has 2 amide bonds. The van der Waals surface area contributed by atoms with Crippen LogP contribution < -0.4 is 10.6 Å². The predicted octanol–water partition coefficient (Wildman–Crippen LogP) is 2.41. The maximum absolute atomic E-state index is 13.1. The summed E-state index contributed by atoms with van der Waals surface area (Å²) < 4.78 is 17.6. The van der Waals surface area contributed by atoms with Gasteiger partial charge in [-0.15, -0.1) is 0 Å². The van der Waals surface area contributed by atoms with E-state index in [-0.39, 0.29) is 17.3 Å². The van der Waals surface area contributed by atoms with Gasteiger partial charge in [0.15, 0.2) is 0 Å². The lowest BCUT2D eigenvalue weighted by atomic mass is 10.2. The molecule has 5 nitrogen and oxygen atoms in total. The van der Waals surface area contributed by atoms with Crippen LogP contribution in [0, 0.1) is 11.7 Å². The number of methoxy groups -OCH3 is 1. The van der Waals surface area contributed by atoms with Gasteiger partial charge in [-0.25, -0.2) is 9.18 Å². The summed E-state index contributed by atoms with van der Waals surface area (Å²) in [6, 6.07) is 3.36. The van der Waals surface area contributed by atoms with Gasteiger partial charge in [0, 0.05) is 12.2 Å². The van der Waals surface area contributed by atoms with Gasteiger partial charge in [0.25, 0.3) is 0 Å². The highest BCUT2D eigenvalue weighted by atomic mass is 35.5. The van der Waals surface area contributed by atoms with Crippen LogP contribution in [0.25, 0.3) is 0 Å². The standard InChI is InChI=1S/C12H14ClFN2O3/c1-7(11(17)19-2)6-15-12(18)16-8-3-4-9(13)10(14)5-8/h3-5,7H,6H2,1-2H3,(H2,15,16,18). The van der Waals surface area contributed by atoms with E-state index < -0.39 is 23.7 Å². The Kier molecular flexibility index (Phi) is 5.57. The Labute approximate surface area is 115 Å². The first-order valence-corrected chi connectivity index (χ1v) is 5.89. The van der Waals surface area contributed by atoms with Gasteiger partial charge in [-0.05, 0) is 18.2 Å². The van der Waals surface area contributed by atoms with Crippen LogP contribution in [-0.4, -0.2) is 25.7 Å². The Morgan fingerprint density at radius 2 is 2.16 bits per heavy atom. The van der Waals surface area contributed by atoms with Crippen molar-refractivity contribution in [2.45, 2.75) is 6.92 Å². The zero-order chi connectivity index (χ0) is 14.4. The molecule has 0 aliphatic rings. The largest absolute Gasteiger partial charge is 0.469 e. The number of benzene rings is 1. The van der Waals surface area contributed by atoms with Crippen LogP contribution in [0.5, 0.6) is 0 Å². The second kappa shape index (κ2) is 6.94. The highest BCUT2D eigenvalue weighted by molar-refractivity contribution is 6.30. The van der Waals surface area contributed by atoms with Crippen LogP contribution in [0.15, 0.2) is 18.2 Å². The molecule has 1 rings (SSSR count). The minimum absolute atomic E-state index is 0.0229. The van der Waals surface area contributed by atoms with Crippen LogP contribution in [0.4, 0.5) is 14.9 Å². The SMILES string of the molecule is COC(=O)C(C)CNC(=O)Nc1ccc(Cl)c(F)c1. The molecule has 0 saturated carbocycles. The molecule has 0 aliphatic heterocycles. The third-order valence-corrected chi connectivity index (χ3v) is 2.66. The second-order valence-electron chi connectivity index (χ2n) is 3.89. The number of hydrogen-bond acceptors (Lipinski definition) is 3. The highest BCUT2D eigenvalue weighted by Gasteiger charge is 2.14. The van der Waals surface area contributed by atoms with E-state index in [0.29, 0.717) is 0 Å². The Hall–Kier alpha value is -1.82. The van der Waals surface area contributed by atoms with Gasteiger partial charge >= 0.3 is 12.0 Å². The Morgan fingerprint density at radius 3 is 2.74 bits per heavy atom. The molecule has 0 aromatic heterocycles. The Balaban J connectivity index is 2.47. The van der Waals surface area contributed by atoms with E-state index >= 15 is 0 Å². The van der Waals surface area contributed by atoms with Crippen LogP contribution in [0.3, 0.4) is 0 Å². The molecular formula is C12H14ClFN2O3. The van der Waals surface area contributed by atoms with Gasteiger partial charge in [0.05, 0.1) is 18.1 Å². The molecule has 0 fully saturated rings. The number of amides is 2. The minimum Gasteiger partial charge on any atom is -0.469 e. The molecule has 1 aromatic rings. The average molecular weight is 289 g/mol. The number of carbonyl (C=O) groups excluding carboxylic acids is 2. The molecule has 19 heavy (non-hydrogen) atoms. The van der Waals surface area contributed by atoms with Crippen molar-refractivity contribution in [2.24, 2.45) is 5.92 Å². The van der Waals surface area contributed by atoms with E-state index in [1.165, 1.54) is 19.2 Å². The van der Waals surface area contributed by atoms with E-state index in [4.69, 9.17) is 11.6 Å². The van der Waals surface area contributed by atoms with E-state index in [0.717, 1.165) is 6.07 Å². The lowest BCUT2D eigenvalue weighted by Gasteiger charge is -2.11. The molecule has 0 radical (unpaired) electrons. The van der Waals surface area contributed by atoms with Crippen LogP contribution in [0.2, 0.25) is 5.02 Å². The Morgan fingerprint density at radius 1 is 1.47 bits per heavy atom. The van der Waals surface area contributed by atoms with E-state index in [9.17, 15) is 14.0 Å². The molecule has 0 aliphatic carbocycles. The zero-order valence-electron chi connectivity index (χ0n) is 10.5. The molecule has 0 spiro atoms. The monoisotopic (exact) mass is 288 g/mol. The van der Waals surface area contributed by atoms with Gasteiger partial charge in [-0.2, -0.15) is 0 Å². The van der Waals surface area contributed by atoms with Gasteiger partial charge in [-0.3, -0.25) is 4.79 Å². The fourth-order valence-electron chi connectivity index (χ4n) is 1.28. The number of hydrogen-bond donors (Lipinski definition) is 2. The highest BCUT2D eigenvalue weighted by Crippen LogP contribution is 2.18. The number of anilines is 1. The third kappa shape index (κ3) is 4.75. The van der Waals surface area contributed by atoms with Crippen molar-refractivity contribution in [1.82, 2.24) is 5.32 Å². The van der Waals surface area contributed by atoms with Crippen LogP contribution >= 0.6 is 11.6 Å². The quantitative estimate of drug-likeness (QED) is 0.836. The lowest BCUT2D eigenvalue weighted by molar-refractivity contribution is -0.144. The molecule has 0 saturated heterocycles. The molecule has 2 N–H and O–H groups in total. The molecule has 104 valence electrons. The summed E-state index contributed by atoms with van der Waals surface area (Å²) >= 11 is 5.52. The van der Waals surface area contributed by atoms with E-state index in [2.05, 4.69) is 15.4 Å². The molecule has 7 heteroatoms. The van der Waals surface area contributed by atoms with Crippen molar-refractivity contribution < 1.29 is 18.7 Å². The first kappa shape index (κ1) is 15.2. The smallest absolute Gasteiger partial charge is 0.319 e. The van der Waals surface area contributed by atoms with E-state index in [1.807, 2.05) is 0 Å². The third-order valence-electron chi connectivity index (χ3n) is 2.35. The van der Waals surface area contributed by atoms with E-state index in [1.54, 1.807) is 6.92 Å². The van der Waals surface area contributed by atoms with Crippen LogP contribution in [0.1, 0.15) is 6.92 Å². The molecule has 1 atom stereocenters. The fourth-order valence-corrected chi connectivity index (χ4v) is 1.40. The predicted molar refractivity (Wildman–Crippen MR) is 69.6 cm³/mol. The molecule has 1 unspecified atom stereocenters. The first-order chi connectivity index (χ1) is 8.93. The van der Waals surface area contributed by atoms with Crippen molar-refractivity contribution in [1.29, 1.82) is 0 Å². The molecule has 0 heterocycles. The van der Waals surface area contributed by atoms with Gasteiger partial charge in [0.2, 0.25) is 0 Å². The van der Waals surface area contributed by atoms with Crippen molar-refractivity contribution >= 4 is 29.3 Å². The zero-order valence-corrected chi connectivity index (χ0v) is 11.3. The number of halogens is 2. The fraction of sp³-hybridized carbons (Fsp3) is 0.333.